The van der Waals surface area contributed by atoms with E-state index in [0.717, 1.165) is 29.3 Å². The van der Waals surface area contributed by atoms with Gasteiger partial charge in [0.15, 0.2) is 5.75 Å². The molecule has 0 radical (unpaired) electrons. The van der Waals surface area contributed by atoms with Crippen molar-refractivity contribution in [2.45, 2.75) is 32.1 Å². The standard InChI is InChI=1S/C14H9ClFN3O.C7H11N/c15-13-4-1-10(8-18-13)19-14-12-3-2-11(20-16)7-9(12)5-6-17-14;8-6-7-4-2-1-3-5-7/h1-8H,(H,17,19);7H,1-5H2. The van der Waals surface area contributed by atoms with E-state index < -0.39 is 0 Å². The lowest BCUT2D eigenvalue weighted by Crippen LogP contribution is -2.02. The first kappa shape index (κ1) is 19.8. The van der Waals surface area contributed by atoms with Crippen molar-refractivity contribution in [3.8, 4) is 11.8 Å². The van der Waals surface area contributed by atoms with Gasteiger partial charge in [0.2, 0.25) is 0 Å². The molecule has 1 aromatic carbocycles. The maximum atomic E-state index is 12.2. The lowest BCUT2D eigenvalue weighted by Gasteiger charge is -2.13. The quantitative estimate of drug-likeness (QED) is 0.518. The number of nitrogens with one attached hydrogen (secondary N) is 1. The summed E-state index contributed by atoms with van der Waals surface area (Å²) < 4.78 is 12.2. The minimum atomic E-state index is 0.155. The molecule has 4 rings (SSSR count). The zero-order chi connectivity index (χ0) is 19.8. The van der Waals surface area contributed by atoms with Crippen molar-refractivity contribution >= 4 is 33.9 Å². The Labute approximate surface area is 168 Å². The van der Waals surface area contributed by atoms with Gasteiger partial charge in [-0.3, -0.25) is 4.94 Å². The van der Waals surface area contributed by atoms with Crippen LogP contribution in [-0.2, 0) is 0 Å². The van der Waals surface area contributed by atoms with E-state index in [1.54, 1.807) is 42.7 Å². The van der Waals surface area contributed by atoms with Crippen LogP contribution in [0, 0.1) is 17.2 Å². The van der Waals surface area contributed by atoms with Crippen LogP contribution in [0.4, 0.5) is 16.0 Å². The van der Waals surface area contributed by atoms with Crippen molar-refractivity contribution in [2.24, 2.45) is 5.92 Å². The number of benzene rings is 1. The fourth-order valence-electron chi connectivity index (χ4n) is 3.12. The molecule has 1 fully saturated rings. The van der Waals surface area contributed by atoms with Gasteiger partial charge in [0.25, 0.3) is 0 Å². The van der Waals surface area contributed by atoms with Gasteiger partial charge in [-0.1, -0.05) is 30.9 Å². The van der Waals surface area contributed by atoms with Gasteiger partial charge in [0, 0.05) is 22.0 Å². The van der Waals surface area contributed by atoms with Crippen LogP contribution >= 0.6 is 11.6 Å². The monoisotopic (exact) mass is 398 g/mol. The molecule has 2 heterocycles. The molecule has 0 unspecified atom stereocenters. The molecular weight excluding hydrogens is 379 g/mol. The molecule has 1 aliphatic carbocycles. The summed E-state index contributed by atoms with van der Waals surface area (Å²) in [5, 5.41) is 13.7. The molecule has 0 bridgehead atoms. The van der Waals surface area contributed by atoms with E-state index in [2.05, 4.69) is 26.3 Å². The Hall–Kier alpha value is -2.91. The molecule has 1 saturated carbocycles. The van der Waals surface area contributed by atoms with E-state index in [0.29, 0.717) is 16.9 Å². The number of fused-ring (bicyclic) bond motifs is 1. The third-order valence-electron chi connectivity index (χ3n) is 4.60. The number of rotatable bonds is 3. The minimum Gasteiger partial charge on any atom is -0.338 e. The summed E-state index contributed by atoms with van der Waals surface area (Å²) >= 11 is 5.74. The number of anilines is 2. The molecule has 1 N–H and O–H groups in total. The number of hydrogen-bond acceptors (Lipinski definition) is 5. The average molecular weight is 399 g/mol. The molecule has 144 valence electrons. The molecule has 5 nitrogen and oxygen atoms in total. The molecule has 0 spiro atoms. The lowest BCUT2D eigenvalue weighted by atomic mass is 9.91. The smallest absolute Gasteiger partial charge is 0.172 e. The highest BCUT2D eigenvalue weighted by Gasteiger charge is 2.10. The first-order chi connectivity index (χ1) is 13.7. The number of pyridine rings is 2. The second kappa shape index (κ2) is 9.86. The molecule has 0 saturated heterocycles. The van der Waals surface area contributed by atoms with Gasteiger partial charge < -0.3 is 5.32 Å². The summed E-state index contributed by atoms with van der Waals surface area (Å²) in [5.41, 5.74) is 0.764. The first-order valence-corrected chi connectivity index (χ1v) is 9.53. The minimum absolute atomic E-state index is 0.155. The van der Waals surface area contributed by atoms with Crippen LogP contribution in [-0.4, -0.2) is 9.97 Å². The Bertz CT molecular complexity index is 953. The van der Waals surface area contributed by atoms with E-state index in [-0.39, 0.29) is 5.75 Å². The molecule has 0 amide bonds. The Kier molecular flexibility index (Phi) is 6.99. The zero-order valence-corrected chi connectivity index (χ0v) is 16.0. The molecule has 1 aliphatic rings. The Morgan fingerprint density at radius 2 is 1.93 bits per heavy atom. The van der Waals surface area contributed by atoms with Crippen molar-refractivity contribution in [3.05, 3.63) is 53.9 Å². The van der Waals surface area contributed by atoms with Gasteiger partial charge >= 0.3 is 0 Å². The highest BCUT2D eigenvalue weighted by Crippen LogP contribution is 2.27. The molecule has 7 heteroatoms. The topological polar surface area (TPSA) is 70.8 Å². The van der Waals surface area contributed by atoms with Gasteiger partial charge in [-0.2, -0.15) is 5.26 Å². The highest BCUT2D eigenvalue weighted by molar-refractivity contribution is 6.29. The number of nitriles is 1. The molecule has 0 atom stereocenters. The number of hydrogen-bond donors (Lipinski definition) is 1. The molecular formula is C21H20ClFN4O. The van der Waals surface area contributed by atoms with Crippen LogP contribution in [0.15, 0.2) is 48.8 Å². The maximum Gasteiger partial charge on any atom is 0.172 e. The van der Waals surface area contributed by atoms with Crippen LogP contribution in [0.2, 0.25) is 5.15 Å². The lowest BCUT2D eigenvalue weighted by molar-refractivity contribution is -0.00603. The second-order valence-electron chi connectivity index (χ2n) is 6.58. The largest absolute Gasteiger partial charge is 0.338 e. The number of aromatic nitrogens is 2. The molecule has 3 aromatic rings. The van der Waals surface area contributed by atoms with Crippen LogP contribution in [0.3, 0.4) is 0 Å². The Morgan fingerprint density at radius 1 is 1.11 bits per heavy atom. The third-order valence-corrected chi connectivity index (χ3v) is 4.83. The van der Waals surface area contributed by atoms with Crippen molar-refractivity contribution in [2.75, 3.05) is 5.32 Å². The molecule has 28 heavy (non-hydrogen) atoms. The molecule has 0 aliphatic heterocycles. The number of halogens is 2. The summed E-state index contributed by atoms with van der Waals surface area (Å²) in [6, 6.07) is 12.4. The summed E-state index contributed by atoms with van der Waals surface area (Å²) in [7, 11) is 0. The van der Waals surface area contributed by atoms with E-state index in [1.807, 2.05) is 0 Å². The zero-order valence-electron chi connectivity index (χ0n) is 15.2. The van der Waals surface area contributed by atoms with E-state index in [1.165, 1.54) is 25.3 Å². The van der Waals surface area contributed by atoms with Crippen molar-refractivity contribution in [3.63, 3.8) is 0 Å². The van der Waals surface area contributed by atoms with Gasteiger partial charge in [0.1, 0.15) is 11.0 Å². The van der Waals surface area contributed by atoms with E-state index in [4.69, 9.17) is 16.9 Å². The van der Waals surface area contributed by atoms with Gasteiger partial charge in [-0.15, -0.1) is 0 Å². The van der Waals surface area contributed by atoms with Crippen LogP contribution in [0.5, 0.6) is 5.75 Å². The summed E-state index contributed by atoms with van der Waals surface area (Å²) in [6.45, 7) is 0. The van der Waals surface area contributed by atoms with Gasteiger partial charge in [0.05, 0.1) is 18.0 Å². The van der Waals surface area contributed by atoms with E-state index >= 15 is 0 Å². The predicted octanol–water partition coefficient (Wildman–Crippen LogP) is 6.38. The number of nitrogens with zero attached hydrogens (tertiary/aromatic N) is 3. The predicted molar refractivity (Wildman–Crippen MR) is 108 cm³/mol. The van der Waals surface area contributed by atoms with Gasteiger partial charge in [-0.25, -0.2) is 9.97 Å². The van der Waals surface area contributed by atoms with Crippen LogP contribution in [0.1, 0.15) is 32.1 Å². The van der Waals surface area contributed by atoms with Crippen molar-refractivity contribution in [1.82, 2.24) is 9.97 Å². The van der Waals surface area contributed by atoms with Crippen LogP contribution < -0.4 is 10.3 Å². The van der Waals surface area contributed by atoms with E-state index in [9.17, 15) is 4.53 Å². The molecule has 2 aromatic heterocycles. The van der Waals surface area contributed by atoms with Gasteiger partial charge in [-0.05, 0) is 54.6 Å². The highest BCUT2D eigenvalue weighted by atomic mass is 35.5. The van der Waals surface area contributed by atoms with Crippen molar-refractivity contribution < 1.29 is 9.47 Å². The summed E-state index contributed by atoms with van der Waals surface area (Å²) in [6.07, 6.45) is 9.44. The Balaban J connectivity index is 0.000000236. The third kappa shape index (κ3) is 5.30. The average Bonchev–Trinajstić information content (AvgIpc) is 2.76. The SMILES string of the molecule is FOc1ccc2c(Nc3ccc(Cl)nc3)nccc2c1.N#CC1CCCCC1. The fourth-order valence-corrected chi connectivity index (χ4v) is 3.23. The Morgan fingerprint density at radius 3 is 2.57 bits per heavy atom. The fraction of sp³-hybridized carbons (Fsp3) is 0.286. The summed E-state index contributed by atoms with van der Waals surface area (Å²) in [5.74, 6) is 1.20. The van der Waals surface area contributed by atoms with Crippen molar-refractivity contribution in [1.29, 1.82) is 5.26 Å². The summed E-state index contributed by atoms with van der Waals surface area (Å²) in [4.78, 5) is 12.0. The van der Waals surface area contributed by atoms with Crippen LogP contribution in [0.25, 0.3) is 10.8 Å². The normalized spacial score (nSPS) is 13.9. The maximum absolute atomic E-state index is 12.2. The second-order valence-corrected chi connectivity index (χ2v) is 6.97. The first-order valence-electron chi connectivity index (χ1n) is 9.15.